The van der Waals surface area contributed by atoms with Crippen molar-refractivity contribution in [3.05, 3.63) is 77.4 Å². The molecule has 0 atom stereocenters. The monoisotopic (exact) mass is 462 g/mol. The third-order valence-electron chi connectivity index (χ3n) is 3.70. The van der Waals surface area contributed by atoms with Crippen molar-refractivity contribution in [3.63, 3.8) is 0 Å². The number of aliphatic carboxylic acids is 1. The second-order valence-electron chi connectivity index (χ2n) is 5.62. The second kappa shape index (κ2) is 8.06. The smallest absolute Gasteiger partial charge is 0.349 e. The van der Waals surface area contributed by atoms with Crippen molar-refractivity contribution in [1.82, 2.24) is 9.66 Å². The number of fused-ring (bicyclic) bond motifs is 1. The number of para-hydroxylation sites is 1. The number of H-pyrrole nitrogens is 1. The quantitative estimate of drug-likeness (QED) is 0.320. The average molecular weight is 463 g/mol. The van der Waals surface area contributed by atoms with Gasteiger partial charge in [0.2, 0.25) is 5.75 Å². The number of halogens is 1. The number of carbonyl (C=O) groups is 1. The molecule has 1 heterocycles. The zero-order chi connectivity index (χ0) is 21.1. The van der Waals surface area contributed by atoms with E-state index in [4.69, 9.17) is 9.84 Å². The summed E-state index contributed by atoms with van der Waals surface area (Å²) in [4.78, 5) is 48.5. The fourth-order valence-corrected chi connectivity index (χ4v) is 2.96. The number of carboxylic acids is 1. The normalized spacial score (nSPS) is 11.1. The topological polar surface area (TPSA) is 157 Å². The summed E-state index contributed by atoms with van der Waals surface area (Å²) in [6.07, 6.45) is 1.00. The first-order valence-corrected chi connectivity index (χ1v) is 8.68. The summed E-state index contributed by atoms with van der Waals surface area (Å²) < 4.78 is 5.88. The van der Waals surface area contributed by atoms with Crippen LogP contribution < -0.4 is 16.0 Å². The lowest BCUT2D eigenvalue weighted by Gasteiger charge is -2.08. The first kappa shape index (κ1) is 19.9. The maximum atomic E-state index is 12.5. The van der Waals surface area contributed by atoms with Crippen LogP contribution in [-0.4, -0.2) is 38.5 Å². The molecular formula is C17H11BrN4O7. The molecule has 0 amide bonds. The van der Waals surface area contributed by atoms with Gasteiger partial charge >= 0.3 is 17.3 Å². The summed E-state index contributed by atoms with van der Waals surface area (Å²) in [6, 6.07) is 8.83. The van der Waals surface area contributed by atoms with E-state index >= 15 is 0 Å². The third-order valence-corrected chi connectivity index (χ3v) is 4.15. The van der Waals surface area contributed by atoms with Crippen LogP contribution in [0.2, 0.25) is 0 Å². The molecule has 0 spiro atoms. The van der Waals surface area contributed by atoms with Gasteiger partial charge in [-0.25, -0.2) is 9.59 Å². The largest absolute Gasteiger partial charge is 0.479 e. The lowest BCUT2D eigenvalue weighted by Crippen LogP contribution is -2.32. The van der Waals surface area contributed by atoms with Gasteiger partial charge in [0.15, 0.2) is 6.61 Å². The minimum atomic E-state index is -1.34. The predicted octanol–water partition coefficient (Wildman–Crippen LogP) is 1.71. The highest BCUT2D eigenvalue weighted by Gasteiger charge is 2.21. The predicted molar refractivity (Wildman–Crippen MR) is 106 cm³/mol. The molecule has 11 nitrogen and oxygen atoms in total. The Labute approximate surface area is 169 Å². The Hall–Kier alpha value is -3.80. The second-order valence-corrected chi connectivity index (χ2v) is 6.54. The number of aromatic amines is 1. The van der Waals surface area contributed by atoms with E-state index in [1.54, 1.807) is 18.2 Å². The number of hydrogen-bond acceptors (Lipinski definition) is 7. The number of aromatic nitrogens is 2. The van der Waals surface area contributed by atoms with Gasteiger partial charge in [-0.3, -0.25) is 14.9 Å². The van der Waals surface area contributed by atoms with Crippen LogP contribution in [0, 0.1) is 10.1 Å². The standard InChI is InChI=1S/C17H11BrN4O7/c18-10-5-9(15(29-8-14(23)24)13(6-10)22(27)28)7-19-21-16(25)11-3-1-2-4-12(11)20-17(21)26/h1-7H,8H2,(H,20,26)(H,23,24). The highest BCUT2D eigenvalue weighted by Crippen LogP contribution is 2.33. The SMILES string of the molecule is O=C(O)COc1c(C=Nn2c(=O)[nH]c3ccccc3c2=O)cc(Br)cc1[N+](=O)[O-]. The first-order valence-electron chi connectivity index (χ1n) is 7.89. The van der Waals surface area contributed by atoms with Gasteiger partial charge in [-0.15, -0.1) is 4.68 Å². The van der Waals surface area contributed by atoms with Gasteiger partial charge in [-0.05, 0) is 18.2 Å². The number of nitro groups is 1. The van der Waals surface area contributed by atoms with E-state index in [2.05, 4.69) is 26.0 Å². The van der Waals surface area contributed by atoms with E-state index in [0.29, 0.717) is 10.2 Å². The van der Waals surface area contributed by atoms with Crippen LogP contribution in [0.4, 0.5) is 5.69 Å². The Morgan fingerprint density at radius 2 is 2.07 bits per heavy atom. The number of ether oxygens (including phenoxy) is 1. The fraction of sp³-hybridized carbons (Fsp3) is 0.0588. The summed E-state index contributed by atoms with van der Waals surface area (Å²) >= 11 is 3.11. The zero-order valence-electron chi connectivity index (χ0n) is 14.4. The highest BCUT2D eigenvalue weighted by molar-refractivity contribution is 9.10. The van der Waals surface area contributed by atoms with E-state index in [9.17, 15) is 24.5 Å². The van der Waals surface area contributed by atoms with Gasteiger partial charge < -0.3 is 14.8 Å². The molecule has 0 aliphatic rings. The van der Waals surface area contributed by atoms with Crippen molar-refractivity contribution in [2.24, 2.45) is 5.10 Å². The lowest BCUT2D eigenvalue weighted by atomic mass is 10.2. The Balaban J connectivity index is 2.15. The van der Waals surface area contributed by atoms with E-state index in [-0.39, 0.29) is 21.2 Å². The van der Waals surface area contributed by atoms with E-state index < -0.39 is 34.4 Å². The van der Waals surface area contributed by atoms with Gasteiger partial charge in [0, 0.05) is 16.1 Å². The van der Waals surface area contributed by atoms with Gasteiger partial charge in [-0.1, -0.05) is 28.1 Å². The Kier molecular flexibility index (Phi) is 5.54. The maximum absolute atomic E-state index is 12.5. The molecule has 0 fully saturated rings. The molecule has 0 bridgehead atoms. The van der Waals surface area contributed by atoms with Crippen LogP contribution in [0.15, 0.2) is 55.6 Å². The molecule has 2 N–H and O–H groups in total. The van der Waals surface area contributed by atoms with Crippen molar-refractivity contribution in [2.75, 3.05) is 6.61 Å². The van der Waals surface area contributed by atoms with Crippen LogP contribution in [0.25, 0.3) is 10.9 Å². The lowest BCUT2D eigenvalue weighted by molar-refractivity contribution is -0.385. The van der Waals surface area contributed by atoms with Crippen molar-refractivity contribution >= 4 is 44.7 Å². The summed E-state index contributed by atoms with van der Waals surface area (Å²) in [7, 11) is 0. The molecule has 0 radical (unpaired) electrons. The molecule has 0 saturated carbocycles. The summed E-state index contributed by atoms with van der Waals surface area (Å²) in [5, 5.41) is 24.1. The Bertz CT molecular complexity index is 1280. The number of nitrogens with one attached hydrogen (secondary N) is 1. The average Bonchev–Trinajstić information content (AvgIpc) is 2.66. The molecule has 0 unspecified atom stereocenters. The molecule has 2 aromatic carbocycles. The molecule has 1 aromatic heterocycles. The van der Waals surface area contributed by atoms with E-state index in [0.717, 1.165) is 12.3 Å². The first-order chi connectivity index (χ1) is 13.8. The van der Waals surface area contributed by atoms with Gasteiger partial charge in [0.25, 0.3) is 5.56 Å². The molecule has 12 heteroatoms. The molecule has 148 valence electrons. The Morgan fingerprint density at radius 3 is 2.76 bits per heavy atom. The molecule has 3 aromatic rings. The van der Waals surface area contributed by atoms with Crippen LogP contribution in [0.1, 0.15) is 5.56 Å². The maximum Gasteiger partial charge on any atom is 0.349 e. The van der Waals surface area contributed by atoms with E-state index in [1.807, 2.05) is 0 Å². The molecule has 29 heavy (non-hydrogen) atoms. The molecule has 0 aliphatic carbocycles. The minimum Gasteiger partial charge on any atom is -0.479 e. The van der Waals surface area contributed by atoms with Crippen molar-refractivity contribution in [3.8, 4) is 5.75 Å². The summed E-state index contributed by atoms with van der Waals surface area (Å²) in [5.41, 5.74) is -1.70. The van der Waals surface area contributed by atoms with Gasteiger partial charge in [-0.2, -0.15) is 5.10 Å². The van der Waals surface area contributed by atoms with E-state index in [1.165, 1.54) is 12.1 Å². The number of hydrogen-bond donors (Lipinski definition) is 2. The molecule has 3 rings (SSSR count). The number of carboxylic acid groups (broad SMARTS) is 1. The van der Waals surface area contributed by atoms with Crippen molar-refractivity contribution in [1.29, 1.82) is 0 Å². The minimum absolute atomic E-state index is 0.00761. The Morgan fingerprint density at radius 1 is 1.34 bits per heavy atom. The summed E-state index contributed by atoms with van der Waals surface area (Å²) in [5.74, 6) is -1.71. The van der Waals surface area contributed by atoms with Crippen LogP contribution in [0.3, 0.4) is 0 Å². The summed E-state index contributed by atoms with van der Waals surface area (Å²) in [6.45, 7) is -0.834. The molecule has 0 saturated heterocycles. The van der Waals surface area contributed by atoms with Crippen molar-refractivity contribution in [2.45, 2.75) is 0 Å². The third kappa shape index (κ3) is 4.21. The zero-order valence-corrected chi connectivity index (χ0v) is 16.0. The number of nitrogens with zero attached hydrogens (tertiary/aromatic N) is 3. The molecular weight excluding hydrogens is 452 g/mol. The van der Waals surface area contributed by atoms with Crippen LogP contribution >= 0.6 is 15.9 Å². The highest BCUT2D eigenvalue weighted by atomic mass is 79.9. The number of benzene rings is 2. The van der Waals surface area contributed by atoms with Crippen molar-refractivity contribution < 1.29 is 19.6 Å². The van der Waals surface area contributed by atoms with Crippen LogP contribution in [0.5, 0.6) is 5.75 Å². The number of rotatable bonds is 6. The van der Waals surface area contributed by atoms with Gasteiger partial charge in [0.1, 0.15) is 0 Å². The van der Waals surface area contributed by atoms with Gasteiger partial charge in [0.05, 0.1) is 22.0 Å². The number of nitro benzene ring substituents is 1. The molecule has 0 aliphatic heterocycles. The fourth-order valence-electron chi connectivity index (χ4n) is 2.50. The van der Waals surface area contributed by atoms with Crippen LogP contribution in [-0.2, 0) is 4.79 Å².